The smallest absolute Gasteiger partial charge is 0.198 e. The quantitative estimate of drug-likeness (QED) is 0.875. The van der Waals surface area contributed by atoms with E-state index in [1.165, 1.54) is 12.3 Å². The number of rotatable bonds is 5. The zero-order valence-corrected chi connectivity index (χ0v) is 11.8. The van der Waals surface area contributed by atoms with Crippen molar-refractivity contribution in [2.75, 3.05) is 6.54 Å². The summed E-state index contributed by atoms with van der Waals surface area (Å²) in [5.74, 6) is -0.239. The predicted molar refractivity (Wildman–Crippen MR) is 75.0 cm³/mol. The monoisotopic (exact) mass is 281 g/mol. The van der Waals surface area contributed by atoms with Crippen LogP contribution < -0.4 is 5.32 Å². The van der Waals surface area contributed by atoms with Gasteiger partial charge in [0, 0.05) is 11.1 Å². The largest absolute Gasteiger partial charge is 0.453 e. The summed E-state index contributed by atoms with van der Waals surface area (Å²) in [5, 5.41) is 3.61. The van der Waals surface area contributed by atoms with Crippen molar-refractivity contribution in [2.45, 2.75) is 26.3 Å². The van der Waals surface area contributed by atoms with Gasteiger partial charge in [0.15, 0.2) is 5.22 Å². The van der Waals surface area contributed by atoms with Crippen LogP contribution in [0.1, 0.15) is 36.1 Å². The molecule has 1 N–H and O–H groups in total. The van der Waals surface area contributed by atoms with E-state index in [1.54, 1.807) is 12.1 Å². The molecule has 2 rings (SSSR count). The van der Waals surface area contributed by atoms with Crippen molar-refractivity contribution in [2.24, 2.45) is 0 Å². The number of halogens is 2. The summed E-state index contributed by atoms with van der Waals surface area (Å²) in [4.78, 5) is 0. The molecule has 1 unspecified atom stereocenters. The molecule has 0 amide bonds. The van der Waals surface area contributed by atoms with Crippen LogP contribution in [-0.4, -0.2) is 6.54 Å². The lowest BCUT2D eigenvalue weighted by molar-refractivity contribution is 0.531. The highest BCUT2D eigenvalue weighted by Gasteiger charge is 2.21. The molecule has 0 saturated carbocycles. The van der Waals surface area contributed by atoms with Crippen molar-refractivity contribution in [1.82, 2.24) is 5.32 Å². The lowest BCUT2D eigenvalue weighted by Gasteiger charge is -2.19. The van der Waals surface area contributed by atoms with Crippen molar-refractivity contribution in [3.8, 4) is 0 Å². The fourth-order valence-electron chi connectivity index (χ4n) is 2.07. The van der Waals surface area contributed by atoms with Crippen molar-refractivity contribution in [3.63, 3.8) is 0 Å². The SMILES string of the molecule is CCCNC(c1cc(C)ccc1F)c1ccoc1Cl. The van der Waals surface area contributed by atoms with E-state index in [0.717, 1.165) is 24.1 Å². The maximum absolute atomic E-state index is 14.1. The highest BCUT2D eigenvalue weighted by Crippen LogP contribution is 2.31. The molecule has 1 atom stereocenters. The van der Waals surface area contributed by atoms with Crippen LogP contribution in [0.5, 0.6) is 0 Å². The molecular weight excluding hydrogens is 265 g/mol. The predicted octanol–water partition coefficient (Wildman–Crippen LogP) is 4.47. The van der Waals surface area contributed by atoms with Gasteiger partial charge in [0.25, 0.3) is 0 Å². The van der Waals surface area contributed by atoms with Crippen LogP contribution in [0.3, 0.4) is 0 Å². The van der Waals surface area contributed by atoms with Gasteiger partial charge in [-0.1, -0.05) is 24.6 Å². The minimum atomic E-state index is -0.286. The van der Waals surface area contributed by atoms with Gasteiger partial charge in [0.05, 0.1) is 12.3 Å². The molecule has 2 nitrogen and oxygen atoms in total. The van der Waals surface area contributed by atoms with Gasteiger partial charge in [0.2, 0.25) is 0 Å². The Morgan fingerprint density at radius 3 is 2.74 bits per heavy atom. The Kier molecular flexibility index (Phi) is 4.61. The van der Waals surface area contributed by atoms with E-state index in [0.29, 0.717) is 10.8 Å². The van der Waals surface area contributed by atoms with Crippen LogP contribution >= 0.6 is 11.6 Å². The second-order valence-corrected chi connectivity index (χ2v) is 4.91. The minimum absolute atomic E-state index is 0.239. The summed E-state index contributed by atoms with van der Waals surface area (Å²) in [7, 11) is 0. The maximum atomic E-state index is 14.1. The zero-order chi connectivity index (χ0) is 13.8. The van der Waals surface area contributed by atoms with Gasteiger partial charge in [0.1, 0.15) is 5.82 Å². The topological polar surface area (TPSA) is 25.2 Å². The van der Waals surface area contributed by atoms with Crippen molar-refractivity contribution in [1.29, 1.82) is 0 Å². The van der Waals surface area contributed by atoms with Gasteiger partial charge in [-0.2, -0.15) is 0 Å². The lowest BCUT2D eigenvalue weighted by atomic mass is 9.98. The molecule has 1 aromatic heterocycles. The Hall–Kier alpha value is -1.32. The highest BCUT2D eigenvalue weighted by atomic mass is 35.5. The number of benzene rings is 1. The first kappa shape index (κ1) is 14.1. The fourth-order valence-corrected chi connectivity index (χ4v) is 2.29. The lowest BCUT2D eigenvalue weighted by Crippen LogP contribution is -2.24. The third-order valence-corrected chi connectivity index (χ3v) is 3.33. The molecule has 0 radical (unpaired) electrons. The van der Waals surface area contributed by atoms with Gasteiger partial charge in [-0.15, -0.1) is 0 Å². The Bertz CT molecular complexity index is 553. The number of furan rings is 1. The Morgan fingerprint density at radius 1 is 1.32 bits per heavy atom. The van der Waals surface area contributed by atoms with E-state index in [1.807, 2.05) is 13.0 Å². The van der Waals surface area contributed by atoms with Crippen molar-refractivity contribution in [3.05, 3.63) is 58.3 Å². The summed E-state index contributed by atoms with van der Waals surface area (Å²) in [6.45, 7) is 4.78. The van der Waals surface area contributed by atoms with Crippen LogP contribution in [0.4, 0.5) is 4.39 Å². The number of hydrogen-bond donors (Lipinski definition) is 1. The molecule has 0 bridgehead atoms. The van der Waals surface area contributed by atoms with E-state index in [-0.39, 0.29) is 11.9 Å². The van der Waals surface area contributed by atoms with E-state index in [4.69, 9.17) is 16.0 Å². The van der Waals surface area contributed by atoms with Crippen LogP contribution in [0.25, 0.3) is 0 Å². The summed E-state index contributed by atoms with van der Waals surface area (Å²) >= 11 is 6.03. The Labute approximate surface area is 117 Å². The fraction of sp³-hybridized carbons (Fsp3) is 0.333. The average molecular weight is 282 g/mol. The molecule has 0 aliphatic carbocycles. The molecule has 0 spiro atoms. The molecule has 1 aromatic carbocycles. The molecule has 19 heavy (non-hydrogen) atoms. The summed E-state index contributed by atoms with van der Waals surface area (Å²) in [5.41, 5.74) is 2.37. The molecule has 0 aliphatic heterocycles. The number of aryl methyl sites for hydroxylation is 1. The van der Waals surface area contributed by atoms with Gasteiger partial charge in [-0.3, -0.25) is 0 Å². The summed E-state index contributed by atoms with van der Waals surface area (Å²) in [6.07, 6.45) is 2.48. The molecule has 102 valence electrons. The van der Waals surface area contributed by atoms with Crippen LogP contribution in [0.15, 0.2) is 34.9 Å². The second kappa shape index (κ2) is 6.22. The average Bonchev–Trinajstić information content (AvgIpc) is 2.80. The first-order chi connectivity index (χ1) is 9.13. The number of nitrogens with one attached hydrogen (secondary N) is 1. The molecule has 2 aromatic rings. The van der Waals surface area contributed by atoms with Gasteiger partial charge < -0.3 is 9.73 Å². The molecule has 0 saturated heterocycles. The standard InChI is InChI=1S/C15H17ClFNO/c1-3-7-18-14(11-6-8-19-15(11)16)12-9-10(2)4-5-13(12)17/h4-6,8-9,14,18H,3,7H2,1-2H3. The van der Waals surface area contributed by atoms with Crippen LogP contribution in [-0.2, 0) is 0 Å². The number of hydrogen-bond acceptors (Lipinski definition) is 2. The Morgan fingerprint density at radius 2 is 2.11 bits per heavy atom. The van der Waals surface area contributed by atoms with Crippen LogP contribution in [0.2, 0.25) is 5.22 Å². The molecule has 1 heterocycles. The molecule has 0 aliphatic rings. The highest BCUT2D eigenvalue weighted by molar-refractivity contribution is 6.29. The Balaban J connectivity index is 2.42. The van der Waals surface area contributed by atoms with E-state index >= 15 is 0 Å². The first-order valence-electron chi connectivity index (χ1n) is 6.35. The normalized spacial score (nSPS) is 12.6. The molecule has 4 heteroatoms. The van der Waals surface area contributed by atoms with Crippen LogP contribution in [0, 0.1) is 12.7 Å². The second-order valence-electron chi connectivity index (χ2n) is 4.56. The van der Waals surface area contributed by atoms with Crippen molar-refractivity contribution >= 4 is 11.6 Å². The first-order valence-corrected chi connectivity index (χ1v) is 6.73. The van der Waals surface area contributed by atoms with Gasteiger partial charge >= 0.3 is 0 Å². The van der Waals surface area contributed by atoms with Gasteiger partial charge in [-0.05, 0) is 43.6 Å². The third kappa shape index (κ3) is 3.17. The van der Waals surface area contributed by atoms with E-state index < -0.39 is 0 Å². The van der Waals surface area contributed by atoms with Crippen molar-refractivity contribution < 1.29 is 8.81 Å². The van der Waals surface area contributed by atoms with E-state index in [9.17, 15) is 4.39 Å². The summed E-state index contributed by atoms with van der Waals surface area (Å²) in [6, 6.07) is 6.57. The molecule has 0 fully saturated rings. The van der Waals surface area contributed by atoms with E-state index in [2.05, 4.69) is 12.2 Å². The third-order valence-electron chi connectivity index (χ3n) is 3.02. The molecular formula is C15H17ClFNO. The van der Waals surface area contributed by atoms with Gasteiger partial charge in [-0.25, -0.2) is 4.39 Å². The maximum Gasteiger partial charge on any atom is 0.198 e. The zero-order valence-electron chi connectivity index (χ0n) is 11.0. The minimum Gasteiger partial charge on any atom is -0.453 e. The summed E-state index contributed by atoms with van der Waals surface area (Å²) < 4.78 is 19.2.